The standard InChI is InChI=1S/C30H30N6O2/c1-21(36-29(37)11-10-28(34-36)24-7-5-9-26(17-24)31-2)23-6-4-8-25(16-23)30-32-18-27(19-33-30)38-20-22-12-14-35(3)15-13-22/h4-11,16-19,21-22H,12-15,20H2,1,3H3/i1D3,21D. The van der Waals surface area contributed by atoms with E-state index in [0.29, 0.717) is 45.6 Å². The first-order chi connectivity index (χ1) is 20.1. The van der Waals surface area contributed by atoms with Crippen LogP contribution in [0.2, 0.25) is 0 Å². The maximum absolute atomic E-state index is 13.0. The Hall–Kier alpha value is -4.35. The lowest BCUT2D eigenvalue weighted by atomic mass is 9.98. The van der Waals surface area contributed by atoms with Crippen LogP contribution in [0.25, 0.3) is 27.5 Å². The average Bonchev–Trinajstić information content (AvgIpc) is 3.00. The number of benzene rings is 2. The van der Waals surface area contributed by atoms with E-state index in [9.17, 15) is 6.17 Å². The summed E-state index contributed by atoms with van der Waals surface area (Å²) >= 11 is 0. The third-order valence-electron chi connectivity index (χ3n) is 6.63. The number of aromatic nitrogens is 4. The maximum atomic E-state index is 13.0. The van der Waals surface area contributed by atoms with Crippen LogP contribution in [-0.4, -0.2) is 51.4 Å². The summed E-state index contributed by atoms with van der Waals surface area (Å²) in [6, 6.07) is 12.9. The van der Waals surface area contributed by atoms with Gasteiger partial charge in [0.25, 0.3) is 5.56 Å². The lowest BCUT2D eigenvalue weighted by molar-refractivity contribution is 0.159. The van der Waals surface area contributed by atoms with Gasteiger partial charge in [-0.2, -0.15) is 5.10 Å². The molecule has 1 unspecified atom stereocenters. The highest BCUT2D eigenvalue weighted by atomic mass is 16.5. The van der Waals surface area contributed by atoms with E-state index in [-0.39, 0.29) is 11.3 Å². The summed E-state index contributed by atoms with van der Waals surface area (Å²) in [5.74, 6) is 1.34. The topological polar surface area (TPSA) is 77.5 Å². The summed E-state index contributed by atoms with van der Waals surface area (Å²) in [5.41, 5.74) is 0.892. The first-order valence-corrected chi connectivity index (χ1v) is 12.4. The van der Waals surface area contributed by atoms with Gasteiger partial charge in [0.15, 0.2) is 17.3 Å². The molecule has 4 aromatic rings. The molecule has 5 rings (SSSR count). The van der Waals surface area contributed by atoms with Crippen LogP contribution in [0.5, 0.6) is 5.75 Å². The second kappa shape index (κ2) is 11.4. The summed E-state index contributed by atoms with van der Waals surface area (Å²) in [6.07, 6.45) is 5.31. The molecule has 8 heteroatoms. The van der Waals surface area contributed by atoms with Crippen LogP contribution in [0.15, 0.2) is 77.9 Å². The van der Waals surface area contributed by atoms with Crippen LogP contribution in [-0.2, 0) is 0 Å². The Bertz CT molecular complexity index is 1660. The zero-order valence-electron chi connectivity index (χ0n) is 25.0. The fourth-order valence-corrected chi connectivity index (χ4v) is 4.37. The monoisotopic (exact) mass is 510 g/mol. The van der Waals surface area contributed by atoms with Gasteiger partial charge in [0.2, 0.25) is 0 Å². The van der Waals surface area contributed by atoms with Gasteiger partial charge in [0, 0.05) is 15.7 Å². The first-order valence-electron chi connectivity index (χ1n) is 14.4. The molecule has 0 radical (unpaired) electrons. The summed E-state index contributed by atoms with van der Waals surface area (Å²) in [4.78, 5) is 27.6. The Balaban J connectivity index is 1.45. The lowest BCUT2D eigenvalue weighted by Crippen LogP contribution is -2.32. The molecule has 1 atom stereocenters. The molecule has 8 nitrogen and oxygen atoms in total. The van der Waals surface area contributed by atoms with E-state index in [2.05, 4.69) is 31.9 Å². The van der Waals surface area contributed by atoms with Gasteiger partial charge in [-0.1, -0.05) is 36.4 Å². The van der Waals surface area contributed by atoms with Gasteiger partial charge in [0.1, 0.15) is 0 Å². The number of nitrogens with zero attached hydrogens (tertiary/aromatic N) is 6. The number of rotatable bonds is 7. The van der Waals surface area contributed by atoms with Crippen molar-refractivity contribution < 1.29 is 10.2 Å². The highest BCUT2D eigenvalue weighted by Crippen LogP contribution is 2.25. The zero-order chi connectivity index (χ0) is 29.9. The van der Waals surface area contributed by atoms with Crippen LogP contribution in [0.4, 0.5) is 5.69 Å². The van der Waals surface area contributed by atoms with Gasteiger partial charge >= 0.3 is 0 Å². The molecule has 1 aliphatic rings. The Kier molecular flexibility index (Phi) is 6.18. The molecule has 0 amide bonds. The van der Waals surface area contributed by atoms with Crippen molar-refractivity contribution in [3.05, 3.63) is 100 Å². The Morgan fingerprint density at radius 1 is 1.11 bits per heavy atom. The van der Waals surface area contributed by atoms with Gasteiger partial charge in [0.05, 0.1) is 38.7 Å². The highest BCUT2D eigenvalue weighted by molar-refractivity contribution is 5.65. The van der Waals surface area contributed by atoms with Gasteiger partial charge in [-0.3, -0.25) is 4.79 Å². The molecule has 0 N–H and O–H groups in total. The highest BCUT2D eigenvalue weighted by Gasteiger charge is 2.18. The molecule has 1 aliphatic heterocycles. The minimum atomic E-state index is -2.98. The van der Waals surface area contributed by atoms with E-state index in [0.717, 1.165) is 25.9 Å². The van der Waals surface area contributed by atoms with Crippen molar-refractivity contribution in [3.8, 4) is 28.4 Å². The van der Waals surface area contributed by atoms with Crippen LogP contribution >= 0.6 is 0 Å². The molecule has 0 spiro atoms. The molecule has 0 bridgehead atoms. The summed E-state index contributed by atoms with van der Waals surface area (Å²) in [6.45, 7) is 6.98. The van der Waals surface area contributed by atoms with E-state index in [1.807, 2.05) is 0 Å². The Labute approximate surface area is 228 Å². The smallest absolute Gasteiger partial charge is 0.267 e. The van der Waals surface area contributed by atoms with Crippen molar-refractivity contribution in [3.63, 3.8) is 0 Å². The number of ether oxygens (including phenoxy) is 1. The van der Waals surface area contributed by atoms with Gasteiger partial charge in [-0.25, -0.2) is 19.5 Å². The summed E-state index contributed by atoms with van der Waals surface area (Å²) in [7, 11) is 2.12. The Morgan fingerprint density at radius 2 is 1.87 bits per heavy atom. The number of hydrogen-bond donors (Lipinski definition) is 0. The minimum Gasteiger partial charge on any atom is -0.490 e. The second-order valence-corrected chi connectivity index (χ2v) is 9.36. The largest absolute Gasteiger partial charge is 0.490 e. The van der Waals surface area contributed by atoms with Crippen LogP contribution in [0.1, 0.15) is 36.8 Å². The lowest BCUT2D eigenvalue weighted by Gasteiger charge is -2.28. The fourth-order valence-electron chi connectivity index (χ4n) is 4.37. The van der Waals surface area contributed by atoms with Gasteiger partial charge < -0.3 is 9.64 Å². The predicted molar refractivity (Wildman–Crippen MR) is 147 cm³/mol. The zero-order valence-corrected chi connectivity index (χ0v) is 21.0. The van der Waals surface area contributed by atoms with Gasteiger partial charge in [-0.15, -0.1) is 0 Å². The molecule has 1 saturated heterocycles. The number of hydrogen-bond acceptors (Lipinski definition) is 6. The molecule has 192 valence electrons. The second-order valence-electron chi connectivity index (χ2n) is 9.36. The molecule has 1 fully saturated rings. The molecule has 2 aromatic carbocycles. The van der Waals surface area contributed by atoms with Gasteiger partial charge in [-0.05, 0) is 75.1 Å². The summed E-state index contributed by atoms with van der Waals surface area (Å²) < 4.78 is 40.7. The summed E-state index contributed by atoms with van der Waals surface area (Å²) in [5, 5.41) is 4.31. The van der Waals surface area contributed by atoms with Crippen LogP contribution in [0, 0.1) is 12.5 Å². The third kappa shape index (κ3) is 5.79. The van der Waals surface area contributed by atoms with Crippen molar-refractivity contribution >= 4 is 5.69 Å². The van der Waals surface area contributed by atoms with Crippen molar-refractivity contribution in [2.45, 2.75) is 25.7 Å². The van der Waals surface area contributed by atoms with E-state index in [1.165, 1.54) is 24.3 Å². The van der Waals surface area contributed by atoms with Crippen LogP contribution < -0.4 is 10.3 Å². The third-order valence-corrected chi connectivity index (χ3v) is 6.63. The Morgan fingerprint density at radius 3 is 2.63 bits per heavy atom. The average molecular weight is 511 g/mol. The normalized spacial score (nSPS) is 17.8. The molecule has 0 saturated carbocycles. The van der Waals surface area contributed by atoms with E-state index < -0.39 is 18.4 Å². The molecule has 38 heavy (non-hydrogen) atoms. The maximum Gasteiger partial charge on any atom is 0.267 e. The predicted octanol–water partition coefficient (Wildman–Crippen LogP) is 5.25. The minimum absolute atomic E-state index is 0.0212. The quantitative estimate of drug-likeness (QED) is 0.316. The molecular weight excluding hydrogens is 476 g/mol. The van der Waals surface area contributed by atoms with Crippen LogP contribution in [0.3, 0.4) is 0 Å². The molecule has 0 aliphatic carbocycles. The van der Waals surface area contributed by atoms with E-state index >= 15 is 0 Å². The fraction of sp³-hybridized carbons (Fsp3) is 0.300. The SMILES string of the molecule is [2H]C([2H])([2H])C([2H])(c1cccc(-c2ncc(OCC3CCN(C)CC3)cn2)c1)n1nc(-c2cccc([N+]#[C-])c2)ccc1=O. The van der Waals surface area contributed by atoms with Crippen molar-refractivity contribution in [2.24, 2.45) is 5.92 Å². The van der Waals surface area contributed by atoms with E-state index in [1.54, 1.807) is 48.8 Å². The number of likely N-dealkylation sites (tertiary alicyclic amines) is 1. The van der Waals surface area contributed by atoms with Crippen molar-refractivity contribution in [1.82, 2.24) is 24.6 Å². The first kappa shape index (κ1) is 20.7. The molecular formula is C30H30N6O2. The molecule has 3 heterocycles. The van der Waals surface area contributed by atoms with Crippen molar-refractivity contribution in [2.75, 3.05) is 26.7 Å². The number of piperidine rings is 1. The van der Waals surface area contributed by atoms with E-state index in [4.69, 9.17) is 15.4 Å². The molecule has 2 aromatic heterocycles. The van der Waals surface area contributed by atoms with Crippen molar-refractivity contribution in [1.29, 1.82) is 0 Å².